The second-order valence-electron chi connectivity index (χ2n) is 8.99. The molecular formula is C26H32N6O2. The molecule has 0 unspecified atom stereocenters. The monoisotopic (exact) mass is 460 g/mol. The molecule has 0 radical (unpaired) electrons. The number of amides is 1. The Morgan fingerprint density at radius 2 is 1.94 bits per heavy atom. The number of likely N-dealkylation sites (tertiary alicyclic amines) is 1. The molecule has 0 spiro atoms. The SMILES string of the molecule is CCN(CC)[C@H]1CCN(C(=O)c2cnn(-c3nccc(-c4ccccc4OC)n3)c2C2CC2)C1. The Balaban J connectivity index is 1.45. The van der Waals surface area contributed by atoms with Crippen LogP contribution < -0.4 is 4.74 Å². The van der Waals surface area contributed by atoms with Crippen molar-refractivity contribution in [3.8, 4) is 23.0 Å². The zero-order valence-electron chi connectivity index (χ0n) is 20.1. The minimum atomic E-state index is 0.0729. The smallest absolute Gasteiger partial charge is 0.257 e. The van der Waals surface area contributed by atoms with Gasteiger partial charge < -0.3 is 9.64 Å². The minimum Gasteiger partial charge on any atom is -0.496 e. The molecule has 0 N–H and O–H groups in total. The van der Waals surface area contributed by atoms with E-state index in [1.165, 1.54) is 0 Å². The molecule has 8 heteroatoms. The summed E-state index contributed by atoms with van der Waals surface area (Å²) in [7, 11) is 1.65. The van der Waals surface area contributed by atoms with E-state index in [0.29, 0.717) is 23.5 Å². The Kier molecular flexibility index (Phi) is 6.32. The van der Waals surface area contributed by atoms with Crippen molar-refractivity contribution in [3.05, 3.63) is 54.0 Å². The number of hydrogen-bond acceptors (Lipinski definition) is 6. The van der Waals surface area contributed by atoms with Crippen molar-refractivity contribution in [3.63, 3.8) is 0 Å². The van der Waals surface area contributed by atoms with E-state index in [1.807, 2.05) is 35.2 Å². The van der Waals surface area contributed by atoms with Crippen molar-refractivity contribution in [2.24, 2.45) is 0 Å². The topological polar surface area (TPSA) is 76.4 Å². The summed E-state index contributed by atoms with van der Waals surface area (Å²) in [6.07, 6.45) is 6.57. The van der Waals surface area contributed by atoms with Gasteiger partial charge in [-0.1, -0.05) is 26.0 Å². The van der Waals surface area contributed by atoms with Gasteiger partial charge in [0.15, 0.2) is 0 Å². The van der Waals surface area contributed by atoms with Gasteiger partial charge in [0.05, 0.1) is 30.3 Å². The molecule has 1 aromatic carbocycles. The first kappa shape index (κ1) is 22.5. The Labute approximate surface area is 200 Å². The summed E-state index contributed by atoms with van der Waals surface area (Å²) in [5.74, 6) is 1.62. The molecule has 34 heavy (non-hydrogen) atoms. The largest absolute Gasteiger partial charge is 0.496 e. The average Bonchev–Trinajstić information content (AvgIpc) is 3.43. The summed E-state index contributed by atoms with van der Waals surface area (Å²) in [4.78, 5) is 27.3. The van der Waals surface area contributed by atoms with E-state index in [4.69, 9.17) is 9.72 Å². The highest BCUT2D eigenvalue weighted by Crippen LogP contribution is 2.43. The zero-order valence-corrected chi connectivity index (χ0v) is 20.1. The number of methoxy groups -OCH3 is 1. The molecule has 5 rings (SSSR count). The van der Waals surface area contributed by atoms with Crippen LogP contribution in [0.3, 0.4) is 0 Å². The molecule has 1 atom stereocenters. The number of para-hydroxylation sites is 1. The van der Waals surface area contributed by atoms with Crippen LogP contribution >= 0.6 is 0 Å². The third-order valence-electron chi connectivity index (χ3n) is 7.00. The molecule has 1 saturated carbocycles. The van der Waals surface area contributed by atoms with E-state index in [2.05, 4.69) is 28.8 Å². The first-order valence-corrected chi connectivity index (χ1v) is 12.2. The van der Waals surface area contributed by atoms with E-state index in [-0.39, 0.29) is 5.91 Å². The number of benzene rings is 1. The van der Waals surface area contributed by atoms with E-state index >= 15 is 0 Å². The number of rotatable bonds is 8. The van der Waals surface area contributed by atoms with Crippen molar-refractivity contribution >= 4 is 5.91 Å². The molecule has 1 amide bonds. The average molecular weight is 461 g/mol. The Morgan fingerprint density at radius 1 is 1.15 bits per heavy atom. The molecule has 1 aliphatic heterocycles. The number of carbonyl (C=O) groups excluding carboxylic acids is 1. The summed E-state index contributed by atoms with van der Waals surface area (Å²) >= 11 is 0. The lowest BCUT2D eigenvalue weighted by Gasteiger charge is -2.26. The van der Waals surface area contributed by atoms with Gasteiger partial charge in [-0.05, 0) is 50.6 Å². The molecule has 3 aromatic rings. The minimum absolute atomic E-state index is 0.0729. The zero-order chi connectivity index (χ0) is 23.7. The molecule has 2 aliphatic rings. The van der Waals surface area contributed by atoms with Gasteiger partial charge in [-0.15, -0.1) is 0 Å². The van der Waals surface area contributed by atoms with Crippen molar-refractivity contribution in [2.75, 3.05) is 33.3 Å². The van der Waals surface area contributed by atoms with Crippen molar-refractivity contribution in [1.82, 2.24) is 29.5 Å². The molecule has 178 valence electrons. The van der Waals surface area contributed by atoms with Gasteiger partial charge in [-0.2, -0.15) is 5.10 Å². The number of likely N-dealkylation sites (N-methyl/N-ethyl adjacent to an activating group) is 1. The predicted octanol–water partition coefficient (Wildman–Crippen LogP) is 3.77. The highest BCUT2D eigenvalue weighted by Gasteiger charge is 2.37. The van der Waals surface area contributed by atoms with Gasteiger partial charge in [0.25, 0.3) is 11.9 Å². The van der Waals surface area contributed by atoms with Crippen molar-refractivity contribution in [1.29, 1.82) is 0 Å². The van der Waals surface area contributed by atoms with Gasteiger partial charge in [0.2, 0.25) is 0 Å². The summed E-state index contributed by atoms with van der Waals surface area (Å²) in [6, 6.07) is 10.1. The number of ether oxygens (including phenoxy) is 1. The molecule has 2 aromatic heterocycles. The maximum absolute atomic E-state index is 13.6. The summed E-state index contributed by atoms with van der Waals surface area (Å²) in [6.45, 7) is 7.94. The predicted molar refractivity (Wildman–Crippen MR) is 130 cm³/mol. The van der Waals surface area contributed by atoms with Crippen LogP contribution in [-0.4, -0.2) is 74.8 Å². The third kappa shape index (κ3) is 4.18. The Morgan fingerprint density at radius 3 is 2.68 bits per heavy atom. The lowest BCUT2D eigenvalue weighted by atomic mass is 10.1. The van der Waals surface area contributed by atoms with Gasteiger partial charge in [0.1, 0.15) is 5.75 Å². The van der Waals surface area contributed by atoms with Crippen LogP contribution in [0.5, 0.6) is 5.75 Å². The normalized spacial score (nSPS) is 18.0. The fourth-order valence-electron chi connectivity index (χ4n) is 5.02. The lowest BCUT2D eigenvalue weighted by Crippen LogP contribution is -2.38. The van der Waals surface area contributed by atoms with Crippen LogP contribution in [0, 0.1) is 0 Å². The van der Waals surface area contributed by atoms with Crippen LogP contribution in [-0.2, 0) is 0 Å². The summed E-state index contributed by atoms with van der Waals surface area (Å²) in [5, 5.41) is 4.61. The van der Waals surface area contributed by atoms with Gasteiger partial charge in [-0.3, -0.25) is 9.69 Å². The molecule has 1 saturated heterocycles. The number of carbonyl (C=O) groups is 1. The molecule has 0 bridgehead atoms. The first-order chi connectivity index (χ1) is 16.6. The molecule has 1 aliphatic carbocycles. The van der Waals surface area contributed by atoms with Crippen LogP contribution in [0.15, 0.2) is 42.7 Å². The van der Waals surface area contributed by atoms with E-state index in [1.54, 1.807) is 24.2 Å². The molecule has 8 nitrogen and oxygen atoms in total. The number of nitrogens with zero attached hydrogens (tertiary/aromatic N) is 6. The van der Waals surface area contributed by atoms with Crippen LogP contribution in [0.4, 0.5) is 0 Å². The quantitative estimate of drug-likeness (QED) is 0.509. The summed E-state index contributed by atoms with van der Waals surface area (Å²) in [5.41, 5.74) is 3.28. The first-order valence-electron chi connectivity index (χ1n) is 12.2. The van der Waals surface area contributed by atoms with Gasteiger partial charge in [0, 0.05) is 36.8 Å². The molecular weight excluding hydrogens is 428 g/mol. The van der Waals surface area contributed by atoms with Crippen molar-refractivity contribution < 1.29 is 9.53 Å². The van der Waals surface area contributed by atoms with Gasteiger partial charge in [-0.25, -0.2) is 14.6 Å². The van der Waals surface area contributed by atoms with Crippen LogP contribution in [0.2, 0.25) is 0 Å². The van der Waals surface area contributed by atoms with Crippen LogP contribution in [0.25, 0.3) is 17.2 Å². The highest BCUT2D eigenvalue weighted by atomic mass is 16.5. The second-order valence-corrected chi connectivity index (χ2v) is 8.99. The third-order valence-corrected chi connectivity index (χ3v) is 7.00. The van der Waals surface area contributed by atoms with E-state index in [0.717, 1.165) is 68.1 Å². The van der Waals surface area contributed by atoms with E-state index < -0.39 is 0 Å². The highest BCUT2D eigenvalue weighted by molar-refractivity contribution is 5.95. The standard InChI is InChI=1S/C26H32N6O2/c1-4-30(5-2)19-13-15-31(17-19)25(33)21-16-28-32(24(21)18-10-11-18)26-27-14-12-22(29-26)20-8-6-7-9-23(20)34-3/h6-9,12,14,16,18-19H,4-5,10-11,13,15,17H2,1-3H3/t19-/m0/s1. The summed E-state index contributed by atoms with van der Waals surface area (Å²) < 4.78 is 7.28. The fourth-order valence-corrected chi connectivity index (χ4v) is 5.02. The van der Waals surface area contributed by atoms with Crippen molar-refractivity contribution in [2.45, 2.75) is 45.1 Å². The van der Waals surface area contributed by atoms with E-state index in [9.17, 15) is 4.79 Å². The number of aromatic nitrogens is 4. The second kappa shape index (κ2) is 9.54. The number of hydrogen-bond donors (Lipinski definition) is 0. The van der Waals surface area contributed by atoms with Gasteiger partial charge >= 0.3 is 0 Å². The Bertz CT molecular complexity index is 1170. The maximum Gasteiger partial charge on any atom is 0.257 e. The maximum atomic E-state index is 13.6. The molecule has 2 fully saturated rings. The molecule has 3 heterocycles. The lowest BCUT2D eigenvalue weighted by molar-refractivity contribution is 0.0776. The fraction of sp³-hybridized carbons (Fsp3) is 0.462. The Hall–Kier alpha value is -3.26. The van der Waals surface area contributed by atoms with Crippen LogP contribution in [0.1, 0.15) is 55.1 Å².